The SMILES string of the molecule is CCOc1ccc(N=Cc2ccc(OCc3cccc(Cl)c3)c(OCC)c2)cc1. The van der Waals surface area contributed by atoms with Crippen LogP contribution in [0, 0.1) is 0 Å². The molecule has 0 atom stereocenters. The fraction of sp³-hybridized carbons (Fsp3) is 0.208. The number of ether oxygens (including phenoxy) is 3. The summed E-state index contributed by atoms with van der Waals surface area (Å²) in [5, 5.41) is 0.692. The van der Waals surface area contributed by atoms with Crippen LogP contribution in [0.25, 0.3) is 0 Å². The van der Waals surface area contributed by atoms with Gasteiger partial charge in [0, 0.05) is 11.2 Å². The predicted molar refractivity (Wildman–Crippen MR) is 118 cm³/mol. The van der Waals surface area contributed by atoms with E-state index in [4.69, 9.17) is 25.8 Å². The fourth-order valence-electron chi connectivity index (χ4n) is 2.72. The first kappa shape index (κ1) is 20.7. The highest BCUT2D eigenvalue weighted by Gasteiger charge is 2.07. The summed E-state index contributed by atoms with van der Waals surface area (Å²) in [6, 6.07) is 21.1. The molecule has 4 nitrogen and oxygen atoms in total. The number of benzene rings is 3. The van der Waals surface area contributed by atoms with E-state index in [1.165, 1.54) is 0 Å². The standard InChI is InChI=1S/C24H24ClNO3/c1-3-27-22-11-9-21(10-12-22)26-16-18-8-13-23(24(15-18)28-4-2)29-17-19-6-5-7-20(25)14-19/h5-16H,3-4,17H2,1-2H3. The second-order valence-electron chi connectivity index (χ2n) is 6.24. The number of hydrogen-bond donors (Lipinski definition) is 0. The van der Waals surface area contributed by atoms with Gasteiger partial charge in [-0.05, 0) is 79.6 Å². The zero-order valence-electron chi connectivity index (χ0n) is 16.6. The molecule has 0 spiro atoms. The lowest BCUT2D eigenvalue weighted by atomic mass is 10.2. The molecular formula is C24H24ClNO3. The van der Waals surface area contributed by atoms with Crippen molar-refractivity contribution in [2.24, 2.45) is 4.99 Å². The molecule has 0 fully saturated rings. The van der Waals surface area contributed by atoms with E-state index < -0.39 is 0 Å². The lowest BCUT2D eigenvalue weighted by Gasteiger charge is -2.13. The Morgan fingerprint density at radius 3 is 2.34 bits per heavy atom. The van der Waals surface area contributed by atoms with E-state index in [0.29, 0.717) is 36.3 Å². The van der Waals surface area contributed by atoms with Crippen LogP contribution in [-0.2, 0) is 6.61 Å². The molecule has 0 N–H and O–H groups in total. The van der Waals surface area contributed by atoms with Gasteiger partial charge in [0.25, 0.3) is 0 Å². The maximum atomic E-state index is 6.04. The zero-order chi connectivity index (χ0) is 20.5. The number of rotatable bonds is 9. The Morgan fingerprint density at radius 2 is 1.62 bits per heavy atom. The van der Waals surface area contributed by atoms with E-state index in [9.17, 15) is 0 Å². The summed E-state index contributed by atoms with van der Waals surface area (Å²) in [4.78, 5) is 4.52. The molecular weight excluding hydrogens is 386 g/mol. The molecule has 0 aromatic heterocycles. The third kappa shape index (κ3) is 6.26. The molecule has 0 heterocycles. The summed E-state index contributed by atoms with van der Waals surface area (Å²) in [6.07, 6.45) is 1.80. The van der Waals surface area contributed by atoms with Crippen LogP contribution in [0.15, 0.2) is 71.7 Å². The highest BCUT2D eigenvalue weighted by atomic mass is 35.5. The van der Waals surface area contributed by atoms with Crippen molar-refractivity contribution in [3.63, 3.8) is 0 Å². The average Bonchev–Trinajstić information content (AvgIpc) is 2.73. The van der Waals surface area contributed by atoms with Crippen LogP contribution in [0.1, 0.15) is 25.0 Å². The Kier molecular flexibility index (Phi) is 7.54. The maximum Gasteiger partial charge on any atom is 0.161 e. The highest BCUT2D eigenvalue weighted by molar-refractivity contribution is 6.30. The first-order valence-electron chi connectivity index (χ1n) is 9.59. The van der Waals surface area contributed by atoms with Gasteiger partial charge in [0.2, 0.25) is 0 Å². The third-order valence-electron chi connectivity index (χ3n) is 4.06. The molecule has 0 aliphatic rings. The molecule has 0 aliphatic heterocycles. The monoisotopic (exact) mass is 409 g/mol. The second kappa shape index (κ2) is 10.5. The van der Waals surface area contributed by atoms with E-state index in [-0.39, 0.29) is 0 Å². The third-order valence-corrected chi connectivity index (χ3v) is 4.30. The minimum atomic E-state index is 0.417. The minimum absolute atomic E-state index is 0.417. The molecule has 0 saturated heterocycles. The number of halogens is 1. The Bertz CT molecular complexity index is 955. The molecule has 0 radical (unpaired) electrons. The highest BCUT2D eigenvalue weighted by Crippen LogP contribution is 2.29. The van der Waals surface area contributed by atoms with Crippen LogP contribution in [0.5, 0.6) is 17.2 Å². The van der Waals surface area contributed by atoms with E-state index in [2.05, 4.69) is 4.99 Å². The maximum absolute atomic E-state index is 6.04. The Morgan fingerprint density at radius 1 is 0.828 bits per heavy atom. The molecule has 29 heavy (non-hydrogen) atoms. The largest absolute Gasteiger partial charge is 0.494 e. The molecule has 3 rings (SSSR count). The van der Waals surface area contributed by atoms with Crippen LogP contribution < -0.4 is 14.2 Å². The number of hydrogen-bond acceptors (Lipinski definition) is 4. The van der Waals surface area contributed by atoms with Gasteiger partial charge in [-0.15, -0.1) is 0 Å². The molecule has 0 aliphatic carbocycles. The van der Waals surface area contributed by atoms with Crippen molar-refractivity contribution >= 4 is 23.5 Å². The molecule has 0 saturated carbocycles. The van der Waals surface area contributed by atoms with E-state index in [1.54, 1.807) is 6.21 Å². The van der Waals surface area contributed by atoms with Gasteiger partial charge in [-0.25, -0.2) is 0 Å². The summed E-state index contributed by atoms with van der Waals surface area (Å²) in [6.45, 7) is 5.52. The van der Waals surface area contributed by atoms with Crippen molar-refractivity contribution in [2.45, 2.75) is 20.5 Å². The van der Waals surface area contributed by atoms with Gasteiger partial charge in [0.15, 0.2) is 11.5 Å². The number of nitrogens with zero attached hydrogens (tertiary/aromatic N) is 1. The Balaban J connectivity index is 1.71. The molecule has 150 valence electrons. The van der Waals surface area contributed by atoms with Crippen LogP contribution in [0.4, 0.5) is 5.69 Å². The number of aliphatic imine (C=N–C) groups is 1. The summed E-state index contributed by atoms with van der Waals surface area (Å²) < 4.78 is 17.1. The normalized spacial score (nSPS) is 10.9. The van der Waals surface area contributed by atoms with E-state index in [1.807, 2.05) is 80.6 Å². The Hall–Kier alpha value is -2.98. The van der Waals surface area contributed by atoms with Crippen molar-refractivity contribution in [3.8, 4) is 17.2 Å². The minimum Gasteiger partial charge on any atom is -0.494 e. The second-order valence-corrected chi connectivity index (χ2v) is 6.68. The Labute approximate surface area is 176 Å². The molecule has 0 bridgehead atoms. The van der Waals surface area contributed by atoms with Gasteiger partial charge in [-0.1, -0.05) is 23.7 Å². The quantitative estimate of drug-likeness (QED) is 0.380. The van der Waals surface area contributed by atoms with Gasteiger partial charge >= 0.3 is 0 Å². The van der Waals surface area contributed by atoms with Gasteiger partial charge in [0.1, 0.15) is 12.4 Å². The van der Waals surface area contributed by atoms with Gasteiger partial charge < -0.3 is 14.2 Å². The molecule has 3 aromatic rings. The van der Waals surface area contributed by atoms with E-state index in [0.717, 1.165) is 22.6 Å². The van der Waals surface area contributed by atoms with Crippen LogP contribution in [-0.4, -0.2) is 19.4 Å². The summed E-state index contributed by atoms with van der Waals surface area (Å²) >= 11 is 6.04. The lowest BCUT2D eigenvalue weighted by molar-refractivity contribution is 0.269. The first-order chi connectivity index (χ1) is 14.2. The average molecular weight is 410 g/mol. The topological polar surface area (TPSA) is 40.0 Å². The van der Waals surface area contributed by atoms with Crippen LogP contribution >= 0.6 is 11.6 Å². The molecule has 5 heteroatoms. The fourth-order valence-corrected chi connectivity index (χ4v) is 2.94. The molecule has 0 amide bonds. The zero-order valence-corrected chi connectivity index (χ0v) is 17.4. The predicted octanol–water partition coefficient (Wildman–Crippen LogP) is 6.47. The molecule has 0 unspecified atom stereocenters. The summed E-state index contributed by atoms with van der Waals surface area (Å²) in [7, 11) is 0. The van der Waals surface area contributed by atoms with Crippen LogP contribution in [0.2, 0.25) is 5.02 Å². The van der Waals surface area contributed by atoms with Gasteiger partial charge in [0.05, 0.1) is 18.9 Å². The van der Waals surface area contributed by atoms with Crippen molar-refractivity contribution < 1.29 is 14.2 Å². The summed E-state index contributed by atoms with van der Waals surface area (Å²) in [5.74, 6) is 2.21. The summed E-state index contributed by atoms with van der Waals surface area (Å²) in [5.41, 5.74) is 2.78. The van der Waals surface area contributed by atoms with Crippen molar-refractivity contribution in [3.05, 3.63) is 82.9 Å². The van der Waals surface area contributed by atoms with Crippen molar-refractivity contribution in [2.75, 3.05) is 13.2 Å². The first-order valence-corrected chi connectivity index (χ1v) is 9.96. The smallest absolute Gasteiger partial charge is 0.161 e. The molecule has 3 aromatic carbocycles. The van der Waals surface area contributed by atoms with Crippen LogP contribution in [0.3, 0.4) is 0 Å². The van der Waals surface area contributed by atoms with Crippen molar-refractivity contribution in [1.82, 2.24) is 0 Å². The van der Waals surface area contributed by atoms with Gasteiger partial charge in [-0.2, -0.15) is 0 Å². The van der Waals surface area contributed by atoms with Crippen molar-refractivity contribution in [1.29, 1.82) is 0 Å². The van der Waals surface area contributed by atoms with E-state index >= 15 is 0 Å². The van der Waals surface area contributed by atoms with Gasteiger partial charge in [-0.3, -0.25) is 4.99 Å². The lowest BCUT2D eigenvalue weighted by Crippen LogP contribution is -2.00.